The number of aromatic nitrogens is 5. The molecule has 0 saturated heterocycles. The predicted octanol–water partition coefficient (Wildman–Crippen LogP) is 2.29. The zero-order valence-corrected chi connectivity index (χ0v) is 11.3. The van der Waals surface area contributed by atoms with E-state index >= 15 is 0 Å². The van der Waals surface area contributed by atoms with E-state index in [0.717, 1.165) is 11.7 Å². The van der Waals surface area contributed by atoms with Gasteiger partial charge in [-0.2, -0.15) is 0 Å². The Labute approximate surface area is 112 Å². The molecule has 3 rings (SSSR count). The summed E-state index contributed by atoms with van der Waals surface area (Å²) in [6.07, 6.45) is 7.81. The van der Waals surface area contributed by atoms with Gasteiger partial charge in [0, 0.05) is 6.04 Å². The van der Waals surface area contributed by atoms with Crippen LogP contribution in [0.15, 0.2) is 12.1 Å². The topological polar surface area (TPSA) is 68.0 Å². The van der Waals surface area contributed by atoms with Gasteiger partial charge in [-0.1, -0.05) is 26.2 Å². The molecule has 0 bridgehead atoms. The normalized spacial score (nSPS) is 23.0. The lowest BCUT2D eigenvalue weighted by molar-refractivity contribution is 0.447. The molecule has 2 aromatic heterocycles. The highest BCUT2D eigenvalue weighted by Crippen LogP contribution is 2.31. The van der Waals surface area contributed by atoms with Gasteiger partial charge in [0.25, 0.3) is 0 Å². The third-order valence-electron chi connectivity index (χ3n) is 3.99. The fourth-order valence-electron chi connectivity index (χ4n) is 2.96. The molecule has 2 aromatic rings. The molecule has 6 heteroatoms. The molecular weight excluding hydrogens is 240 g/mol. The first-order valence-corrected chi connectivity index (χ1v) is 7.19. The Morgan fingerprint density at radius 1 is 1.37 bits per heavy atom. The maximum atomic E-state index is 4.38. The minimum atomic E-state index is 0.549. The van der Waals surface area contributed by atoms with Gasteiger partial charge in [-0.15, -0.1) is 14.8 Å². The lowest BCUT2D eigenvalue weighted by Crippen LogP contribution is -2.24. The fourth-order valence-corrected chi connectivity index (χ4v) is 2.96. The van der Waals surface area contributed by atoms with Gasteiger partial charge in [0.2, 0.25) is 0 Å². The minimum Gasteiger partial charge on any atom is -0.366 e. The van der Waals surface area contributed by atoms with Crippen LogP contribution in [0.3, 0.4) is 0 Å². The van der Waals surface area contributed by atoms with Gasteiger partial charge in [-0.3, -0.25) is 0 Å². The molecule has 1 saturated carbocycles. The summed E-state index contributed by atoms with van der Waals surface area (Å²) in [5, 5.41) is 19.2. The van der Waals surface area contributed by atoms with Gasteiger partial charge in [-0.25, -0.2) is 0 Å². The smallest absolute Gasteiger partial charge is 0.200 e. The number of hydrogen-bond donors (Lipinski definition) is 1. The van der Waals surface area contributed by atoms with Crippen LogP contribution >= 0.6 is 0 Å². The molecule has 0 spiro atoms. The molecule has 2 atom stereocenters. The third kappa shape index (κ3) is 2.67. The van der Waals surface area contributed by atoms with Crippen LogP contribution < -0.4 is 5.32 Å². The van der Waals surface area contributed by atoms with Crippen molar-refractivity contribution < 1.29 is 0 Å². The number of unbranched alkanes of at least 4 members (excludes halogenated alkanes) is 1. The maximum Gasteiger partial charge on any atom is 0.200 e. The highest BCUT2D eigenvalue weighted by Gasteiger charge is 2.26. The van der Waals surface area contributed by atoms with Gasteiger partial charge in [-0.05, 0) is 47.7 Å². The summed E-state index contributed by atoms with van der Waals surface area (Å²) in [6.45, 7) is 2.25. The van der Waals surface area contributed by atoms with E-state index < -0.39 is 0 Å². The molecule has 0 radical (unpaired) electrons. The second-order valence-electron chi connectivity index (χ2n) is 5.33. The zero-order chi connectivity index (χ0) is 13.1. The maximum absolute atomic E-state index is 4.38. The van der Waals surface area contributed by atoms with Gasteiger partial charge in [0.05, 0.1) is 0 Å². The Balaban J connectivity index is 1.69. The fraction of sp³-hybridized carbons (Fsp3) is 0.692. The highest BCUT2D eigenvalue weighted by atomic mass is 15.6. The first-order valence-electron chi connectivity index (χ1n) is 7.19. The summed E-state index contributed by atoms with van der Waals surface area (Å²) in [6, 6.07) is 4.40. The Bertz CT molecular complexity index is 537. The molecule has 1 aliphatic carbocycles. The molecule has 2 heterocycles. The van der Waals surface area contributed by atoms with E-state index in [1.165, 1.54) is 43.2 Å². The standard InChI is InChI=1S/C13H20N6/c1-2-3-5-10-6-4-7-11(10)14-12-8-9-13-15-17-18-19(13)16-12/h8-11H,2-7H2,1H3,(H,14,16)/t10-,11+/m1/s1. The van der Waals surface area contributed by atoms with E-state index in [4.69, 9.17) is 0 Å². The molecule has 1 fully saturated rings. The van der Waals surface area contributed by atoms with Crippen molar-refractivity contribution in [1.29, 1.82) is 0 Å². The number of fused-ring (bicyclic) bond motifs is 1. The van der Waals surface area contributed by atoms with Crippen LogP contribution in [-0.4, -0.2) is 31.3 Å². The van der Waals surface area contributed by atoms with Gasteiger partial charge >= 0.3 is 0 Å². The first-order chi connectivity index (χ1) is 9.36. The summed E-state index contributed by atoms with van der Waals surface area (Å²) in [5.74, 6) is 1.65. The minimum absolute atomic E-state index is 0.549. The van der Waals surface area contributed by atoms with E-state index in [9.17, 15) is 0 Å². The molecule has 0 amide bonds. The van der Waals surface area contributed by atoms with Crippen molar-refractivity contribution >= 4 is 11.5 Å². The largest absolute Gasteiger partial charge is 0.366 e. The van der Waals surface area contributed by atoms with Crippen molar-refractivity contribution in [2.24, 2.45) is 5.92 Å². The van der Waals surface area contributed by atoms with Gasteiger partial charge < -0.3 is 5.32 Å². The van der Waals surface area contributed by atoms with Crippen LogP contribution in [0.5, 0.6) is 0 Å². The lowest BCUT2D eigenvalue weighted by Gasteiger charge is -2.21. The van der Waals surface area contributed by atoms with Crippen LogP contribution in [0.2, 0.25) is 0 Å². The summed E-state index contributed by atoms with van der Waals surface area (Å²) in [7, 11) is 0. The quantitative estimate of drug-likeness (QED) is 0.893. The van der Waals surface area contributed by atoms with Gasteiger partial charge in [0.1, 0.15) is 5.82 Å². The second-order valence-corrected chi connectivity index (χ2v) is 5.33. The van der Waals surface area contributed by atoms with E-state index in [2.05, 4.69) is 32.9 Å². The molecular formula is C13H20N6. The van der Waals surface area contributed by atoms with Crippen LogP contribution in [-0.2, 0) is 0 Å². The van der Waals surface area contributed by atoms with Crippen LogP contribution in [0.25, 0.3) is 5.65 Å². The molecule has 1 aliphatic rings. The molecule has 1 N–H and O–H groups in total. The predicted molar refractivity (Wildman–Crippen MR) is 72.9 cm³/mol. The number of anilines is 1. The van der Waals surface area contributed by atoms with E-state index in [0.29, 0.717) is 11.7 Å². The van der Waals surface area contributed by atoms with Crippen molar-refractivity contribution in [3.8, 4) is 0 Å². The van der Waals surface area contributed by atoms with E-state index in [-0.39, 0.29) is 0 Å². The Kier molecular flexibility index (Phi) is 3.57. The number of nitrogens with zero attached hydrogens (tertiary/aromatic N) is 5. The summed E-state index contributed by atoms with van der Waals surface area (Å²) < 4.78 is 1.47. The first kappa shape index (κ1) is 12.3. The molecule has 19 heavy (non-hydrogen) atoms. The summed E-state index contributed by atoms with van der Waals surface area (Å²) in [5.41, 5.74) is 0.680. The summed E-state index contributed by atoms with van der Waals surface area (Å²) >= 11 is 0. The molecule has 0 unspecified atom stereocenters. The van der Waals surface area contributed by atoms with Crippen molar-refractivity contribution in [3.63, 3.8) is 0 Å². The van der Waals surface area contributed by atoms with Crippen LogP contribution in [0.4, 0.5) is 5.82 Å². The Morgan fingerprint density at radius 2 is 2.32 bits per heavy atom. The molecule has 102 valence electrons. The average Bonchev–Trinajstić information content (AvgIpc) is 3.05. The van der Waals surface area contributed by atoms with Crippen molar-refractivity contribution in [3.05, 3.63) is 12.1 Å². The molecule has 0 aromatic carbocycles. The van der Waals surface area contributed by atoms with Gasteiger partial charge in [0.15, 0.2) is 5.65 Å². The lowest BCUT2D eigenvalue weighted by atomic mass is 9.97. The average molecular weight is 260 g/mol. The SMILES string of the molecule is CCCC[C@@H]1CCC[C@@H]1Nc1ccc2nnnn2n1. The van der Waals surface area contributed by atoms with Crippen molar-refractivity contribution in [2.45, 2.75) is 51.5 Å². The number of hydrogen-bond acceptors (Lipinski definition) is 5. The van der Waals surface area contributed by atoms with Crippen LogP contribution in [0, 0.1) is 5.92 Å². The molecule has 6 nitrogen and oxygen atoms in total. The van der Waals surface area contributed by atoms with Crippen LogP contribution in [0.1, 0.15) is 45.4 Å². The third-order valence-corrected chi connectivity index (χ3v) is 3.99. The van der Waals surface area contributed by atoms with Crippen molar-refractivity contribution in [2.75, 3.05) is 5.32 Å². The second kappa shape index (κ2) is 5.50. The number of nitrogens with one attached hydrogen (secondary N) is 1. The number of rotatable bonds is 5. The Hall–Kier alpha value is -1.72. The van der Waals surface area contributed by atoms with Crippen molar-refractivity contribution in [1.82, 2.24) is 25.3 Å². The van der Waals surface area contributed by atoms with E-state index in [1.807, 2.05) is 12.1 Å². The summed E-state index contributed by atoms with van der Waals surface area (Å²) in [4.78, 5) is 0. The molecule has 0 aliphatic heterocycles. The number of tetrazole rings is 1. The monoisotopic (exact) mass is 260 g/mol. The zero-order valence-electron chi connectivity index (χ0n) is 11.3. The van der Waals surface area contributed by atoms with E-state index in [1.54, 1.807) is 0 Å². The highest BCUT2D eigenvalue weighted by molar-refractivity contribution is 5.42. The Morgan fingerprint density at radius 3 is 3.21 bits per heavy atom.